The number of ether oxygens (including phenoxy) is 2. The lowest BCUT2D eigenvalue weighted by Gasteiger charge is -1.92. The largest absolute Gasteiger partial charge is 0.465 e. The van der Waals surface area contributed by atoms with Crippen LogP contribution in [0.4, 0.5) is 0 Å². The summed E-state index contributed by atoms with van der Waals surface area (Å²) >= 11 is 0. The van der Waals surface area contributed by atoms with Gasteiger partial charge in [0.2, 0.25) is 0 Å². The molecule has 1 rings (SSSR count). The molecule has 70 valence electrons. The van der Waals surface area contributed by atoms with Crippen molar-refractivity contribution in [1.29, 1.82) is 0 Å². The predicted molar refractivity (Wildman–Crippen MR) is 46.9 cm³/mol. The Morgan fingerprint density at radius 1 is 1.33 bits per heavy atom. The van der Waals surface area contributed by atoms with Gasteiger partial charge in [0, 0.05) is 7.11 Å². The molecule has 0 saturated carbocycles. The topological polar surface area (TPSA) is 35.5 Å². The Morgan fingerprint density at radius 3 is 2.33 bits per heavy atom. The molecule has 3 nitrogen and oxygen atoms in total. The summed E-state index contributed by atoms with van der Waals surface area (Å²) in [5.74, 6) is 0. The number of allylic oxidation sites excluding steroid dienone is 2. The van der Waals surface area contributed by atoms with Crippen LogP contribution >= 0.6 is 0 Å². The van der Waals surface area contributed by atoms with Crippen molar-refractivity contribution in [3.63, 3.8) is 0 Å². The molecule has 0 saturated heterocycles. The molecule has 1 aliphatic carbocycles. The fraction of sp³-hybridized carbons (Fsp3) is 0.667. The lowest BCUT2D eigenvalue weighted by atomic mass is 10.4. The second-order valence-electron chi connectivity index (χ2n) is 2.36. The van der Waals surface area contributed by atoms with Gasteiger partial charge in [0.15, 0.2) is 0 Å². The first-order chi connectivity index (χ1) is 5.91. The molecule has 0 aromatic carbocycles. The molecular weight excluding hydrogens is 156 g/mol. The van der Waals surface area contributed by atoms with Gasteiger partial charge in [-0.25, -0.2) is 0 Å². The highest BCUT2D eigenvalue weighted by Gasteiger charge is 1.84. The third-order valence-electron chi connectivity index (χ3n) is 1.38. The highest BCUT2D eigenvalue weighted by molar-refractivity contribution is 5.36. The van der Waals surface area contributed by atoms with Crippen molar-refractivity contribution in [1.82, 2.24) is 0 Å². The summed E-state index contributed by atoms with van der Waals surface area (Å²) in [4.78, 5) is 9.40. The summed E-state index contributed by atoms with van der Waals surface area (Å²) in [5, 5.41) is 0. The molecular formula is C9H16O3. The van der Waals surface area contributed by atoms with E-state index in [1.165, 1.54) is 19.3 Å². The van der Waals surface area contributed by atoms with Gasteiger partial charge < -0.3 is 9.47 Å². The van der Waals surface area contributed by atoms with E-state index in [4.69, 9.17) is 0 Å². The van der Waals surface area contributed by atoms with Gasteiger partial charge in [-0.1, -0.05) is 12.2 Å². The van der Waals surface area contributed by atoms with Gasteiger partial charge in [-0.15, -0.1) is 0 Å². The lowest BCUT2D eigenvalue weighted by molar-refractivity contribution is -0.129. The molecule has 12 heavy (non-hydrogen) atoms. The third-order valence-corrected chi connectivity index (χ3v) is 1.38. The summed E-state index contributed by atoms with van der Waals surface area (Å²) in [7, 11) is 1.55. The third kappa shape index (κ3) is 9.17. The fourth-order valence-corrected chi connectivity index (χ4v) is 0.769. The number of methoxy groups -OCH3 is 1. The minimum Gasteiger partial charge on any atom is -0.465 e. The van der Waals surface area contributed by atoms with Crippen molar-refractivity contribution in [2.24, 2.45) is 0 Å². The minimum atomic E-state index is 0.347. The van der Waals surface area contributed by atoms with Crippen LogP contribution in [0.25, 0.3) is 0 Å². The van der Waals surface area contributed by atoms with Crippen LogP contribution < -0.4 is 0 Å². The maximum Gasteiger partial charge on any atom is 0.293 e. The molecule has 0 bridgehead atoms. The molecule has 0 aromatic rings. The first-order valence-corrected chi connectivity index (χ1v) is 4.11. The zero-order valence-corrected chi connectivity index (χ0v) is 7.49. The van der Waals surface area contributed by atoms with Crippen molar-refractivity contribution in [3.8, 4) is 0 Å². The number of hydrogen-bond acceptors (Lipinski definition) is 3. The Balaban J connectivity index is 0.000000211. The van der Waals surface area contributed by atoms with Crippen LogP contribution in [0, 0.1) is 0 Å². The van der Waals surface area contributed by atoms with Crippen molar-refractivity contribution in [3.05, 3.63) is 12.2 Å². The number of rotatable bonds is 4. The Morgan fingerprint density at radius 2 is 2.00 bits per heavy atom. The minimum absolute atomic E-state index is 0.347. The molecule has 0 aromatic heterocycles. The molecule has 0 spiro atoms. The molecule has 0 amide bonds. The van der Waals surface area contributed by atoms with Crippen LogP contribution in [0.3, 0.4) is 0 Å². The van der Waals surface area contributed by atoms with Gasteiger partial charge in [0.25, 0.3) is 6.47 Å². The average Bonchev–Trinajstić information content (AvgIpc) is 2.62. The Kier molecular flexibility index (Phi) is 9.47. The molecule has 0 radical (unpaired) electrons. The smallest absolute Gasteiger partial charge is 0.293 e. The van der Waals surface area contributed by atoms with Crippen molar-refractivity contribution in [2.45, 2.75) is 19.3 Å². The standard InChI is InChI=1S/C5H8.C4H8O3/c1-2-4-5-3-1;1-6-2-3-7-4-5/h1-2H,3-5H2;4H,2-3H2,1H3. The van der Waals surface area contributed by atoms with E-state index in [1.807, 2.05) is 0 Å². The number of carbonyl (C=O) groups excluding carboxylic acids is 1. The zero-order valence-electron chi connectivity index (χ0n) is 7.49. The van der Waals surface area contributed by atoms with Gasteiger partial charge in [-0.05, 0) is 19.3 Å². The van der Waals surface area contributed by atoms with E-state index in [9.17, 15) is 4.79 Å². The van der Waals surface area contributed by atoms with E-state index in [2.05, 4.69) is 21.6 Å². The normalized spacial score (nSPS) is 13.4. The predicted octanol–water partition coefficient (Wildman–Crippen LogP) is 1.53. The Hall–Kier alpha value is -0.830. The highest BCUT2D eigenvalue weighted by Crippen LogP contribution is 2.05. The monoisotopic (exact) mass is 172 g/mol. The summed E-state index contributed by atoms with van der Waals surface area (Å²) in [6.07, 6.45) is 8.50. The Bertz CT molecular complexity index is 115. The summed E-state index contributed by atoms with van der Waals surface area (Å²) in [5.41, 5.74) is 0. The van der Waals surface area contributed by atoms with E-state index < -0.39 is 0 Å². The quantitative estimate of drug-likeness (QED) is 0.366. The van der Waals surface area contributed by atoms with Crippen LogP contribution in [0.5, 0.6) is 0 Å². The summed E-state index contributed by atoms with van der Waals surface area (Å²) in [6.45, 7) is 1.22. The first kappa shape index (κ1) is 11.2. The zero-order chi connectivity index (χ0) is 9.07. The highest BCUT2D eigenvalue weighted by atomic mass is 16.5. The molecule has 0 atom stereocenters. The van der Waals surface area contributed by atoms with Crippen LogP contribution in [-0.4, -0.2) is 26.8 Å². The Labute approximate surface area is 73.4 Å². The second kappa shape index (κ2) is 10.2. The molecule has 0 unspecified atom stereocenters. The van der Waals surface area contributed by atoms with Crippen LogP contribution in [0.2, 0.25) is 0 Å². The molecule has 3 heteroatoms. The molecule has 1 aliphatic rings. The van der Waals surface area contributed by atoms with Gasteiger partial charge in [-0.3, -0.25) is 4.79 Å². The van der Waals surface area contributed by atoms with E-state index in [0.29, 0.717) is 19.7 Å². The number of carbonyl (C=O) groups is 1. The average molecular weight is 172 g/mol. The lowest BCUT2D eigenvalue weighted by Crippen LogP contribution is -1.98. The van der Waals surface area contributed by atoms with E-state index in [0.717, 1.165) is 0 Å². The molecule has 0 heterocycles. The van der Waals surface area contributed by atoms with Gasteiger partial charge in [0.05, 0.1) is 6.61 Å². The van der Waals surface area contributed by atoms with Crippen molar-refractivity contribution >= 4 is 6.47 Å². The first-order valence-electron chi connectivity index (χ1n) is 4.11. The number of hydrogen-bond donors (Lipinski definition) is 0. The van der Waals surface area contributed by atoms with Crippen LogP contribution in [-0.2, 0) is 14.3 Å². The van der Waals surface area contributed by atoms with E-state index >= 15 is 0 Å². The van der Waals surface area contributed by atoms with Gasteiger partial charge in [-0.2, -0.15) is 0 Å². The van der Waals surface area contributed by atoms with Crippen LogP contribution in [0.1, 0.15) is 19.3 Å². The maximum atomic E-state index is 9.40. The van der Waals surface area contributed by atoms with Crippen molar-refractivity contribution < 1.29 is 14.3 Å². The SMILES string of the molecule is C1=CCCC1.COCCOC=O. The molecule has 0 fully saturated rings. The van der Waals surface area contributed by atoms with Crippen LogP contribution in [0.15, 0.2) is 12.2 Å². The van der Waals surface area contributed by atoms with Gasteiger partial charge >= 0.3 is 0 Å². The second-order valence-corrected chi connectivity index (χ2v) is 2.36. The molecule has 0 aliphatic heterocycles. The van der Waals surface area contributed by atoms with Gasteiger partial charge in [0.1, 0.15) is 6.61 Å². The van der Waals surface area contributed by atoms with E-state index in [-0.39, 0.29) is 0 Å². The van der Waals surface area contributed by atoms with Crippen molar-refractivity contribution in [2.75, 3.05) is 20.3 Å². The summed E-state index contributed by atoms with van der Waals surface area (Å²) in [6, 6.07) is 0. The molecule has 0 N–H and O–H groups in total. The maximum absolute atomic E-state index is 9.40. The fourth-order valence-electron chi connectivity index (χ4n) is 0.769. The van der Waals surface area contributed by atoms with E-state index in [1.54, 1.807) is 7.11 Å². The summed E-state index contributed by atoms with van der Waals surface area (Å²) < 4.78 is 8.83.